The van der Waals surface area contributed by atoms with Crippen molar-refractivity contribution in [2.24, 2.45) is 11.5 Å². The summed E-state index contributed by atoms with van der Waals surface area (Å²) in [5.41, 5.74) is 12.1. The van der Waals surface area contributed by atoms with Gasteiger partial charge in [0.15, 0.2) is 0 Å². The minimum absolute atomic E-state index is 0.238. The van der Waals surface area contributed by atoms with Crippen LogP contribution < -0.4 is 26.8 Å². The van der Waals surface area contributed by atoms with Gasteiger partial charge in [0.2, 0.25) is 0 Å². The summed E-state index contributed by atoms with van der Waals surface area (Å²) in [5, 5.41) is 5.43. The summed E-state index contributed by atoms with van der Waals surface area (Å²) in [6, 6.07) is 3.51. The van der Waals surface area contributed by atoms with Crippen LogP contribution in [-0.4, -0.2) is 45.1 Å². The van der Waals surface area contributed by atoms with Gasteiger partial charge in [0, 0.05) is 26.2 Å². The van der Waals surface area contributed by atoms with Crippen LogP contribution >= 0.6 is 0 Å². The second-order valence-corrected chi connectivity index (χ2v) is 6.44. The van der Waals surface area contributed by atoms with Gasteiger partial charge < -0.3 is 26.8 Å². The van der Waals surface area contributed by atoms with E-state index >= 15 is 0 Å². The summed E-state index contributed by atoms with van der Waals surface area (Å²) < 4.78 is 5.36. The van der Waals surface area contributed by atoms with Crippen molar-refractivity contribution in [1.29, 1.82) is 0 Å². The quantitative estimate of drug-likeness (QED) is 0.573. The van der Waals surface area contributed by atoms with Crippen molar-refractivity contribution in [1.82, 2.24) is 10.6 Å². The lowest BCUT2D eigenvalue weighted by Gasteiger charge is -2.23. The molecular weight excluding hydrogens is 308 g/mol. The Balaban J connectivity index is 3.44. The van der Waals surface area contributed by atoms with E-state index in [-0.39, 0.29) is 23.0 Å². The largest absolute Gasteiger partial charge is 0.495 e. The maximum Gasteiger partial charge on any atom is 0.255 e. The molecule has 7 heteroatoms. The highest BCUT2D eigenvalue weighted by molar-refractivity contribution is 6.04. The lowest BCUT2D eigenvalue weighted by Crippen LogP contribution is -2.32. The van der Waals surface area contributed by atoms with Crippen molar-refractivity contribution >= 4 is 11.8 Å². The average molecular weight is 336 g/mol. The zero-order valence-corrected chi connectivity index (χ0v) is 14.9. The molecule has 0 fully saturated rings. The van der Waals surface area contributed by atoms with E-state index in [1.165, 1.54) is 7.11 Å². The zero-order valence-electron chi connectivity index (χ0n) is 14.9. The predicted molar refractivity (Wildman–Crippen MR) is 94.5 cm³/mol. The number of nitrogens with two attached hydrogens (primary N) is 2. The Morgan fingerprint density at radius 3 is 1.71 bits per heavy atom. The van der Waals surface area contributed by atoms with Gasteiger partial charge in [0.25, 0.3) is 11.8 Å². The molecule has 24 heavy (non-hydrogen) atoms. The highest BCUT2D eigenvalue weighted by Crippen LogP contribution is 2.32. The molecule has 1 aromatic carbocycles. The fourth-order valence-corrected chi connectivity index (χ4v) is 2.18. The van der Waals surface area contributed by atoms with Gasteiger partial charge in [-0.05, 0) is 23.1 Å². The fourth-order valence-electron chi connectivity index (χ4n) is 2.18. The lowest BCUT2D eigenvalue weighted by molar-refractivity contribution is 0.0949. The third-order valence-corrected chi connectivity index (χ3v) is 3.51. The molecule has 0 aliphatic heterocycles. The van der Waals surface area contributed by atoms with Gasteiger partial charge in [-0.3, -0.25) is 9.59 Å². The van der Waals surface area contributed by atoms with Crippen LogP contribution in [-0.2, 0) is 5.41 Å². The maximum atomic E-state index is 12.5. The molecule has 134 valence electrons. The van der Waals surface area contributed by atoms with Gasteiger partial charge in [-0.2, -0.15) is 0 Å². The van der Waals surface area contributed by atoms with Gasteiger partial charge in [-0.25, -0.2) is 0 Å². The highest BCUT2D eigenvalue weighted by Gasteiger charge is 2.25. The Bertz CT molecular complexity index is 553. The van der Waals surface area contributed by atoms with Crippen LogP contribution in [0.25, 0.3) is 0 Å². The molecule has 1 rings (SSSR count). The molecule has 0 aliphatic carbocycles. The predicted octanol–water partition coefficient (Wildman–Crippen LogP) is 0.370. The van der Waals surface area contributed by atoms with Crippen LogP contribution in [0.2, 0.25) is 0 Å². The molecule has 0 saturated carbocycles. The number of nitrogens with one attached hydrogen (secondary N) is 2. The summed E-state index contributed by atoms with van der Waals surface area (Å²) in [5.74, 6) is -0.403. The topological polar surface area (TPSA) is 119 Å². The van der Waals surface area contributed by atoms with Crippen molar-refractivity contribution in [3.63, 3.8) is 0 Å². The molecule has 0 saturated heterocycles. The molecule has 0 spiro atoms. The number of amides is 2. The molecule has 7 nitrogen and oxygen atoms in total. The first kappa shape index (κ1) is 19.9. The standard InChI is InChI=1S/C17H28N4O3/c1-17(2,3)11-9-12(15(22)20-7-5-18)14(24-4)13(10-11)16(23)21-8-6-19/h9-10H,5-8,18-19H2,1-4H3,(H,20,22)(H,21,23). The summed E-state index contributed by atoms with van der Waals surface area (Å²) in [6.45, 7) is 7.38. The molecule has 0 heterocycles. The molecule has 0 atom stereocenters. The normalized spacial score (nSPS) is 11.1. The number of carbonyl (C=O) groups excluding carboxylic acids is 2. The number of hydrogen-bond donors (Lipinski definition) is 4. The van der Waals surface area contributed by atoms with Crippen LogP contribution in [0.3, 0.4) is 0 Å². The summed E-state index contributed by atoms with van der Waals surface area (Å²) in [4.78, 5) is 24.9. The number of hydrogen-bond acceptors (Lipinski definition) is 5. The van der Waals surface area contributed by atoms with Gasteiger partial charge in [0.05, 0.1) is 18.2 Å². The van der Waals surface area contributed by atoms with Crippen LogP contribution in [0.5, 0.6) is 5.75 Å². The maximum absolute atomic E-state index is 12.5. The van der Waals surface area contributed by atoms with Crippen LogP contribution in [0.1, 0.15) is 47.1 Å². The number of carbonyl (C=O) groups is 2. The molecule has 2 amide bonds. The molecule has 0 radical (unpaired) electrons. The minimum Gasteiger partial charge on any atom is -0.495 e. The van der Waals surface area contributed by atoms with E-state index in [4.69, 9.17) is 16.2 Å². The third-order valence-electron chi connectivity index (χ3n) is 3.51. The Morgan fingerprint density at radius 1 is 1.00 bits per heavy atom. The van der Waals surface area contributed by atoms with Gasteiger partial charge in [-0.1, -0.05) is 20.8 Å². The second kappa shape index (κ2) is 8.65. The van der Waals surface area contributed by atoms with E-state index in [9.17, 15) is 9.59 Å². The van der Waals surface area contributed by atoms with Crippen molar-refractivity contribution in [2.75, 3.05) is 33.3 Å². The molecule has 0 aromatic heterocycles. The third kappa shape index (κ3) is 4.94. The fraction of sp³-hybridized carbons (Fsp3) is 0.529. The molecule has 0 unspecified atom stereocenters. The minimum atomic E-state index is -0.323. The smallest absolute Gasteiger partial charge is 0.255 e. The molecule has 0 aliphatic rings. The van der Waals surface area contributed by atoms with Crippen molar-refractivity contribution < 1.29 is 14.3 Å². The van der Waals surface area contributed by atoms with Gasteiger partial charge in [-0.15, -0.1) is 0 Å². The SMILES string of the molecule is COc1c(C(=O)NCCN)cc(C(C)(C)C)cc1C(=O)NCCN. The van der Waals surface area contributed by atoms with E-state index in [0.717, 1.165) is 5.56 Å². The zero-order chi connectivity index (χ0) is 18.3. The molecule has 1 aromatic rings. The second-order valence-electron chi connectivity index (χ2n) is 6.44. The molecule has 6 N–H and O–H groups in total. The summed E-state index contributed by atoms with van der Waals surface area (Å²) in [7, 11) is 1.44. The van der Waals surface area contributed by atoms with Crippen molar-refractivity contribution in [3.8, 4) is 5.75 Å². The number of rotatable bonds is 7. The van der Waals surface area contributed by atoms with E-state index in [1.807, 2.05) is 20.8 Å². The first-order valence-electron chi connectivity index (χ1n) is 7.95. The van der Waals surface area contributed by atoms with E-state index < -0.39 is 0 Å². The van der Waals surface area contributed by atoms with Gasteiger partial charge >= 0.3 is 0 Å². The van der Waals surface area contributed by atoms with Crippen LogP contribution in [0.4, 0.5) is 0 Å². The van der Waals surface area contributed by atoms with E-state index in [0.29, 0.717) is 37.3 Å². The Hall–Kier alpha value is -2.12. The van der Waals surface area contributed by atoms with Crippen molar-refractivity contribution in [2.45, 2.75) is 26.2 Å². The Morgan fingerprint density at radius 2 is 1.42 bits per heavy atom. The van der Waals surface area contributed by atoms with E-state index in [1.54, 1.807) is 12.1 Å². The first-order valence-corrected chi connectivity index (χ1v) is 7.95. The summed E-state index contributed by atoms with van der Waals surface area (Å²) >= 11 is 0. The number of benzene rings is 1. The average Bonchev–Trinajstić information content (AvgIpc) is 2.55. The number of ether oxygens (including phenoxy) is 1. The molecular formula is C17H28N4O3. The molecule has 0 bridgehead atoms. The first-order chi connectivity index (χ1) is 11.3. The monoisotopic (exact) mass is 336 g/mol. The van der Waals surface area contributed by atoms with Gasteiger partial charge in [0.1, 0.15) is 5.75 Å². The van der Waals surface area contributed by atoms with Crippen molar-refractivity contribution in [3.05, 3.63) is 28.8 Å². The van der Waals surface area contributed by atoms with E-state index in [2.05, 4.69) is 10.6 Å². The Labute approximate surface area is 143 Å². The summed E-state index contributed by atoms with van der Waals surface area (Å²) in [6.07, 6.45) is 0. The Kier molecular flexibility index (Phi) is 7.18. The highest BCUT2D eigenvalue weighted by atomic mass is 16.5. The van der Waals surface area contributed by atoms with Crippen LogP contribution in [0, 0.1) is 0 Å². The lowest BCUT2D eigenvalue weighted by atomic mass is 9.84. The number of methoxy groups -OCH3 is 1. The van der Waals surface area contributed by atoms with Crippen LogP contribution in [0.15, 0.2) is 12.1 Å².